The van der Waals surface area contributed by atoms with Crippen molar-refractivity contribution in [1.82, 2.24) is 0 Å². The number of benzene rings is 2. The average Bonchev–Trinajstić information content (AvgIpc) is 2.56. The minimum absolute atomic E-state index is 0.291. The van der Waals surface area contributed by atoms with E-state index in [-0.39, 0.29) is 0 Å². The maximum absolute atomic E-state index is 13.6. The zero-order valence-corrected chi connectivity index (χ0v) is 15.2. The van der Waals surface area contributed by atoms with Crippen LogP contribution in [0.15, 0.2) is 40.9 Å². The molecule has 0 bridgehead atoms. The van der Waals surface area contributed by atoms with Crippen molar-refractivity contribution < 1.29 is 18.7 Å². The first-order valence-corrected chi connectivity index (χ1v) is 7.97. The smallest absolute Gasteiger partial charge is 0.248 e. The molecule has 0 atom stereocenters. The SMILES string of the molecule is COc1cc(OC)c(NC(=O)/C=C/c2cc(Br)ccc2F)cc1Cl. The van der Waals surface area contributed by atoms with E-state index < -0.39 is 11.7 Å². The number of hydrogen-bond donors (Lipinski definition) is 1. The highest BCUT2D eigenvalue weighted by Gasteiger charge is 2.11. The van der Waals surface area contributed by atoms with Gasteiger partial charge in [0, 0.05) is 22.2 Å². The van der Waals surface area contributed by atoms with Gasteiger partial charge in [0.05, 0.1) is 24.9 Å². The Morgan fingerprint density at radius 2 is 1.92 bits per heavy atom. The second-order valence-corrected chi connectivity index (χ2v) is 6.00. The number of nitrogens with one attached hydrogen (secondary N) is 1. The van der Waals surface area contributed by atoms with E-state index in [0.29, 0.717) is 32.2 Å². The van der Waals surface area contributed by atoms with Gasteiger partial charge in [0.25, 0.3) is 0 Å². The van der Waals surface area contributed by atoms with E-state index in [1.165, 1.54) is 38.5 Å². The van der Waals surface area contributed by atoms with Gasteiger partial charge in [-0.25, -0.2) is 4.39 Å². The zero-order chi connectivity index (χ0) is 17.7. The Hall–Kier alpha value is -2.05. The number of carbonyl (C=O) groups excluding carboxylic acids is 1. The molecule has 0 radical (unpaired) electrons. The molecule has 4 nitrogen and oxygen atoms in total. The summed E-state index contributed by atoms with van der Waals surface area (Å²) in [6.07, 6.45) is 2.61. The van der Waals surface area contributed by atoms with Crippen molar-refractivity contribution in [2.24, 2.45) is 0 Å². The molecule has 0 aromatic heterocycles. The second kappa shape index (κ2) is 8.17. The van der Waals surface area contributed by atoms with Crippen molar-refractivity contribution in [3.05, 3.63) is 57.3 Å². The van der Waals surface area contributed by atoms with Crippen molar-refractivity contribution >= 4 is 45.2 Å². The van der Waals surface area contributed by atoms with Crippen molar-refractivity contribution in [3.8, 4) is 11.5 Å². The number of hydrogen-bond acceptors (Lipinski definition) is 3. The van der Waals surface area contributed by atoms with E-state index in [1.807, 2.05) is 0 Å². The van der Waals surface area contributed by atoms with Gasteiger partial charge in [0.1, 0.15) is 17.3 Å². The molecule has 0 aliphatic heterocycles. The van der Waals surface area contributed by atoms with E-state index >= 15 is 0 Å². The molecular formula is C17H14BrClFNO3. The summed E-state index contributed by atoms with van der Waals surface area (Å²) < 4.78 is 24.7. The highest BCUT2D eigenvalue weighted by molar-refractivity contribution is 9.10. The Balaban J connectivity index is 2.19. The molecular weight excluding hydrogens is 401 g/mol. The molecule has 7 heteroatoms. The monoisotopic (exact) mass is 413 g/mol. The summed E-state index contributed by atoms with van der Waals surface area (Å²) in [4.78, 5) is 12.1. The number of ether oxygens (including phenoxy) is 2. The number of methoxy groups -OCH3 is 2. The highest BCUT2D eigenvalue weighted by atomic mass is 79.9. The van der Waals surface area contributed by atoms with Gasteiger partial charge in [-0.15, -0.1) is 0 Å². The quantitative estimate of drug-likeness (QED) is 0.707. The fourth-order valence-corrected chi connectivity index (χ4v) is 2.56. The number of halogens is 3. The molecule has 0 heterocycles. The molecule has 2 rings (SSSR count). The maximum atomic E-state index is 13.6. The van der Waals surface area contributed by atoms with Crippen LogP contribution < -0.4 is 14.8 Å². The van der Waals surface area contributed by atoms with Crippen LogP contribution in [0.3, 0.4) is 0 Å². The van der Waals surface area contributed by atoms with Gasteiger partial charge in [-0.1, -0.05) is 27.5 Å². The summed E-state index contributed by atoms with van der Waals surface area (Å²) >= 11 is 9.30. The van der Waals surface area contributed by atoms with Gasteiger partial charge in [-0.3, -0.25) is 4.79 Å². The molecule has 0 fully saturated rings. The first kappa shape index (κ1) is 18.3. The lowest BCUT2D eigenvalue weighted by atomic mass is 10.2. The standard InChI is InChI=1S/C17H14BrClFNO3/c1-23-15-9-16(24-2)14(8-12(15)19)21-17(22)6-3-10-7-11(18)4-5-13(10)20/h3-9H,1-2H3,(H,21,22)/b6-3+. The molecule has 24 heavy (non-hydrogen) atoms. The van der Waals surface area contributed by atoms with E-state index in [4.69, 9.17) is 21.1 Å². The Bertz CT molecular complexity index is 796. The third-order valence-electron chi connectivity index (χ3n) is 3.10. The Morgan fingerprint density at radius 3 is 2.58 bits per heavy atom. The Morgan fingerprint density at radius 1 is 1.21 bits per heavy atom. The van der Waals surface area contributed by atoms with E-state index in [0.717, 1.165) is 0 Å². The largest absolute Gasteiger partial charge is 0.495 e. The van der Waals surface area contributed by atoms with Gasteiger partial charge in [-0.05, 0) is 30.3 Å². The van der Waals surface area contributed by atoms with Crippen LogP contribution in [0.25, 0.3) is 6.08 Å². The van der Waals surface area contributed by atoms with Gasteiger partial charge in [0.15, 0.2) is 0 Å². The van der Waals surface area contributed by atoms with Gasteiger partial charge < -0.3 is 14.8 Å². The third-order valence-corrected chi connectivity index (χ3v) is 3.89. The lowest BCUT2D eigenvalue weighted by Gasteiger charge is -2.12. The summed E-state index contributed by atoms with van der Waals surface area (Å²) in [7, 11) is 2.94. The van der Waals surface area contributed by atoms with Crippen molar-refractivity contribution in [3.63, 3.8) is 0 Å². The molecule has 0 unspecified atom stereocenters. The van der Waals surface area contributed by atoms with Crippen LogP contribution in [0.2, 0.25) is 5.02 Å². The molecule has 2 aromatic rings. The molecule has 0 saturated heterocycles. The molecule has 0 spiro atoms. The summed E-state index contributed by atoms with van der Waals surface area (Å²) in [5.41, 5.74) is 0.673. The molecule has 0 aliphatic rings. The fourth-order valence-electron chi connectivity index (χ4n) is 1.94. The first-order chi connectivity index (χ1) is 11.4. The second-order valence-electron chi connectivity index (χ2n) is 4.68. The molecule has 0 aliphatic carbocycles. The van der Waals surface area contributed by atoms with Crippen LogP contribution in [0.4, 0.5) is 10.1 Å². The van der Waals surface area contributed by atoms with Crippen LogP contribution in [0.1, 0.15) is 5.56 Å². The lowest BCUT2D eigenvalue weighted by molar-refractivity contribution is -0.111. The van der Waals surface area contributed by atoms with Gasteiger partial charge >= 0.3 is 0 Å². The predicted octanol–water partition coefficient (Wildman–Crippen LogP) is 4.91. The van der Waals surface area contributed by atoms with E-state index in [1.54, 1.807) is 18.2 Å². The van der Waals surface area contributed by atoms with Crippen LogP contribution >= 0.6 is 27.5 Å². The van der Waals surface area contributed by atoms with Crippen LogP contribution in [-0.2, 0) is 4.79 Å². The summed E-state index contributed by atoms with van der Waals surface area (Å²) in [6.45, 7) is 0. The van der Waals surface area contributed by atoms with Crippen molar-refractivity contribution in [2.75, 3.05) is 19.5 Å². The Kier molecular flexibility index (Phi) is 6.23. The lowest BCUT2D eigenvalue weighted by Crippen LogP contribution is -2.09. The van der Waals surface area contributed by atoms with E-state index in [9.17, 15) is 9.18 Å². The molecule has 0 saturated carbocycles. The summed E-state index contributed by atoms with van der Waals surface area (Å²) in [6, 6.07) is 7.55. The number of rotatable bonds is 5. The van der Waals surface area contributed by atoms with Gasteiger partial charge in [-0.2, -0.15) is 0 Å². The van der Waals surface area contributed by atoms with Crippen LogP contribution in [-0.4, -0.2) is 20.1 Å². The molecule has 2 aromatic carbocycles. The maximum Gasteiger partial charge on any atom is 0.248 e. The molecule has 1 amide bonds. The minimum Gasteiger partial charge on any atom is -0.495 e. The Labute approximate surface area is 152 Å². The van der Waals surface area contributed by atoms with Crippen molar-refractivity contribution in [2.45, 2.75) is 0 Å². The zero-order valence-electron chi connectivity index (χ0n) is 12.9. The fraction of sp³-hybridized carbons (Fsp3) is 0.118. The topological polar surface area (TPSA) is 47.6 Å². The van der Waals surface area contributed by atoms with Crippen molar-refractivity contribution in [1.29, 1.82) is 0 Å². The normalized spacial score (nSPS) is 10.7. The number of amides is 1. The average molecular weight is 415 g/mol. The number of carbonyl (C=O) groups is 1. The first-order valence-electron chi connectivity index (χ1n) is 6.80. The predicted molar refractivity (Wildman–Crippen MR) is 96.3 cm³/mol. The van der Waals surface area contributed by atoms with Crippen LogP contribution in [0.5, 0.6) is 11.5 Å². The third kappa shape index (κ3) is 4.49. The summed E-state index contributed by atoms with van der Waals surface area (Å²) in [5, 5.41) is 2.96. The van der Waals surface area contributed by atoms with Gasteiger partial charge in [0.2, 0.25) is 5.91 Å². The van der Waals surface area contributed by atoms with E-state index in [2.05, 4.69) is 21.2 Å². The number of anilines is 1. The van der Waals surface area contributed by atoms with Crippen LogP contribution in [0, 0.1) is 5.82 Å². The molecule has 126 valence electrons. The molecule has 1 N–H and O–H groups in total. The highest BCUT2D eigenvalue weighted by Crippen LogP contribution is 2.35. The summed E-state index contributed by atoms with van der Waals surface area (Å²) in [5.74, 6) is -0.0499. The minimum atomic E-state index is -0.450.